The van der Waals surface area contributed by atoms with Crippen LogP contribution in [0.4, 0.5) is 0 Å². The first-order valence-electron chi connectivity index (χ1n) is 3.40. The monoisotopic (exact) mass is 125 g/mol. The maximum atomic E-state index is 3.83. The van der Waals surface area contributed by atoms with Crippen molar-refractivity contribution in [1.29, 1.82) is 0 Å². The van der Waals surface area contributed by atoms with Crippen molar-refractivity contribution in [2.45, 2.75) is 31.4 Å². The quantitative estimate of drug-likeness (QED) is 0.472. The van der Waals surface area contributed by atoms with Gasteiger partial charge in [-0.05, 0) is 0 Å². The highest BCUT2D eigenvalue weighted by atomic mass is 28.3. The lowest BCUT2D eigenvalue weighted by atomic mass is 10.3. The minimum Gasteiger partial charge on any atom is -0.107 e. The van der Waals surface area contributed by atoms with Crippen LogP contribution in [-0.4, -0.2) is 8.80 Å². The van der Waals surface area contributed by atoms with Crippen LogP contribution in [-0.2, 0) is 0 Å². The second kappa shape index (κ2) is 3.08. The van der Waals surface area contributed by atoms with Gasteiger partial charge in [0.2, 0.25) is 0 Å². The molecular weight excluding hydrogens is 112 g/mol. The summed E-state index contributed by atoms with van der Waals surface area (Å²) >= 11 is 0. The molecule has 1 radical (unpaired) electrons. The second-order valence-corrected chi connectivity index (χ2v) is 5.15. The van der Waals surface area contributed by atoms with Crippen LogP contribution < -0.4 is 0 Å². The summed E-state index contributed by atoms with van der Waals surface area (Å²) in [5, 5.41) is 0. The maximum Gasteiger partial charge on any atom is 0.0750 e. The molecule has 0 spiro atoms. The third-order valence-electron chi connectivity index (χ3n) is 1.78. The molecular formula is C7H13Si. The highest BCUT2D eigenvalue weighted by Crippen LogP contribution is 2.18. The summed E-state index contributed by atoms with van der Waals surface area (Å²) in [4.78, 5) is 0. The fraction of sp³-hybridized carbons (Fsp3) is 0.714. The first-order chi connectivity index (χ1) is 3.93. The topological polar surface area (TPSA) is 0 Å². The normalized spacial score (nSPS) is 23.0. The van der Waals surface area contributed by atoms with Crippen molar-refractivity contribution in [1.82, 2.24) is 0 Å². The SMILES string of the molecule is C=C[Si]1CCCCC1. The molecule has 0 aromatic carbocycles. The van der Waals surface area contributed by atoms with Gasteiger partial charge in [0.15, 0.2) is 0 Å². The third kappa shape index (κ3) is 1.48. The van der Waals surface area contributed by atoms with Crippen molar-refractivity contribution in [3.8, 4) is 0 Å². The van der Waals surface area contributed by atoms with Crippen LogP contribution in [0.15, 0.2) is 12.3 Å². The third-order valence-corrected chi connectivity index (χ3v) is 4.35. The van der Waals surface area contributed by atoms with E-state index in [0.717, 1.165) is 0 Å². The van der Waals surface area contributed by atoms with E-state index < -0.39 is 0 Å². The standard InChI is InChI=1S/C7H13Si/c1-2-8-6-4-3-5-7-8/h2H,1,3-7H2. The Morgan fingerprint density at radius 3 is 2.12 bits per heavy atom. The van der Waals surface area contributed by atoms with Crippen molar-refractivity contribution in [2.24, 2.45) is 0 Å². The zero-order chi connectivity index (χ0) is 5.82. The highest BCUT2D eigenvalue weighted by molar-refractivity contribution is 6.64. The van der Waals surface area contributed by atoms with Gasteiger partial charge in [-0.1, -0.05) is 31.4 Å². The molecule has 0 aromatic heterocycles. The zero-order valence-corrected chi connectivity index (χ0v) is 6.32. The van der Waals surface area contributed by atoms with Crippen LogP contribution in [0.1, 0.15) is 19.3 Å². The Morgan fingerprint density at radius 1 is 1.12 bits per heavy atom. The predicted octanol–water partition coefficient (Wildman–Crippen LogP) is 2.39. The molecule has 0 N–H and O–H groups in total. The molecule has 0 amide bonds. The number of hydrogen-bond donors (Lipinski definition) is 0. The molecule has 1 aliphatic heterocycles. The largest absolute Gasteiger partial charge is 0.107 e. The van der Waals surface area contributed by atoms with Crippen LogP contribution in [0.3, 0.4) is 0 Å². The van der Waals surface area contributed by atoms with Crippen LogP contribution in [0.2, 0.25) is 12.1 Å². The fourth-order valence-electron chi connectivity index (χ4n) is 1.21. The lowest BCUT2D eigenvalue weighted by Crippen LogP contribution is -2.11. The fourth-order valence-corrected chi connectivity index (χ4v) is 3.28. The molecule has 45 valence electrons. The molecule has 8 heavy (non-hydrogen) atoms. The van der Waals surface area contributed by atoms with Gasteiger partial charge in [-0.3, -0.25) is 0 Å². The summed E-state index contributed by atoms with van der Waals surface area (Å²) in [5.41, 5.74) is 2.21. The number of rotatable bonds is 1. The average molecular weight is 125 g/mol. The van der Waals surface area contributed by atoms with Gasteiger partial charge in [-0.15, -0.1) is 12.3 Å². The van der Waals surface area contributed by atoms with E-state index >= 15 is 0 Å². The van der Waals surface area contributed by atoms with E-state index in [0.29, 0.717) is 0 Å². The maximum absolute atomic E-state index is 3.83. The van der Waals surface area contributed by atoms with E-state index in [2.05, 4.69) is 12.3 Å². The first kappa shape index (κ1) is 6.08. The Balaban J connectivity index is 2.22. The van der Waals surface area contributed by atoms with Crippen LogP contribution in [0.5, 0.6) is 0 Å². The van der Waals surface area contributed by atoms with E-state index in [-0.39, 0.29) is 8.80 Å². The molecule has 0 bridgehead atoms. The smallest absolute Gasteiger partial charge is 0.0750 e. The van der Waals surface area contributed by atoms with Crippen molar-refractivity contribution in [2.75, 3.05) is 0 Å². The molecule has 0 saturated carbocycles. The van der Waals surface area contributed by atoms with E-state index in [1.807, 2.05) is 0 Å². The molecule has 1 saturated heterocycles. The molecule has 0 aliphatic carbocycles. The van der Waals surface area contributed by atoms with Crippen molar-refractivity contribution < 1.29 is 0 Å². The summed E-state index contributed by atoms with van der Waals surface area (Å²) in [6.07, 6.45) is 4.42. The molecule has 1 heteroatoms. The summed E-state index contributed by atoms with van der Waals surface area (Å²) < 4.78 is 0. The second-order valence-electron chi connectivity index (χ2n) is 2.42. The Bertz CT molecular complexity index is 72.5. The van der Waals surface area contributed by atoms with E-state index in [1.165, 1.54) is 31.4 Å². The Kier molecular flexibility index (Phi) is 2.34. The summed E-state index contributed by atoms with van der Waals surface area (Å²) in [6.45, 7) is 3.83. The van der Waals surface area contributed by atoms with Gasteiger partial charge in [0.1, 0.15) is 0 Å². The number of hydrogen-bond acceptors (Lipinski definition) is 0. The molecule has 0 aromatic rings. The van der Waals surface area contributed by atoms with E-state index in [4.69, 9.17) is 0 Å². The molecule has 1 fully saturated rings. The van der Waals surface area contributed by atoms with Crippen molar-refractivity contribution in [3.63, 3.8) is 0 Å². The average Bonchev–Trinajstić information content (AvgIpc) is 1.90. The molecule has 0 nitrogen and oxygen atoms in total. The summed E-state index contributed by atoms with van der Waals surface area (Å²) in [6, 6.07) is 2.99. The summed E-state index contributed by atoms with van der Waals surface area (Å²) in [7, 11) is -0.0235. The molecule has 0 atom stereocenters. The molecule has 1 heterocycles. The van der Waals surface area contributed by atoms with Gasteiger partial charge in [0.25, 0.3) is 0 Å². The van der Waals surface area contributed by atoms with Crippen molar-refractivity contribution >= 4 is 8.80 Å². The summed E-state index contributed by atoms with van der Waals surface area (Å²) in [5.74, 6) is 0. The van der Waals surface area contributed by atoms with Gasteiger partial charge in [-0.2, -0.15) is 0 Å². The lowest BCUT2D eigenvalue weighted by molar-refractivity contribution is 0.727. The Labute approximate surface area is 53.2 Å². The van der Waals surface area contributed by atoms with Crippen LogP contribution in [0, 0.1) is 0 Å². The van der Waals surface area contributed by atoms with Gasteiger partial charge in [0.05, 0.1) is 8.80 Å². The van der Waals surface area contributed by atoms with E-state index in [9.17, 15) is 0 Å². The molecule has 1 rings (SSSR count). The van der Waals surface area contributed by atoms with Crippen molar-refractivity contribution in [3.05, 3.63) is 12.3 Å². The first-order valence-corrected chi connectivity index (χ1v) is 5.40. The molecule has 1 aliphatic rings. The van der Waals surface area contributed by atoms with Crippen LogP contribution in [0.25, 0.3) is 0 Å². The van der Waals surface area contributed by atoms with Gasteiger partial charge in [0, 0.05) is 0 Å². The lowest BCUT2D eigenvalue weighted by Gasteiger charge is -2.14. The molecule has 0 unspecified atom stereocenters. The Morgan fingerprint density at radius 2 is 1.75 bits per heavy atom. The highest BCUT2D eigenvalue weighted by Gasteiger charge is 2.10. The van der Waals surface area contributed by atoms with Gasteiger partial charge < -0.3 is 0 Å². The minimum absolute atomic E-state index is 0.0235. The zero-order valence-electron chi connectivity index (χ0n) is 5.32. The minimum atomic E-state index is -0.0235. The van der Waals surface area contributed by atoms with Gasteiger partial charge >= 0.3 is 0 Å². The Hall–Kier alpha value is -0.0431. The van der Waals surface area contributed by atoms with E-state index in [1.54, 1.807) is 0 Å². The van der Waals surface area contributed by atoms with Crippen LogP contribution >= 0.6 is 0 Å². The van der Waals surface area contributed by atoms with Gasteiger partial charge in [-0.25, -0.2) is 0 Å². The predicted molar refractivity (Wildman–Crippen MR) is 39.4 cm³/mol.